The first-order valence-corrected chi connectivity index (χ1v) is 6.70. The minimum Gasteiger partial charge on any atom is -0.474 e. The van der Waals surface area contributed by atoms with Gasteiger partial charge in [0.15, 0.2) is 6.61 Å². The summed E-state index contributed by atoms with van der Waals surface area (Å²) in [5, 5.41) is 0. The van der Waals surface area contributed by atoms with Crippen LogP contribution < -0.4 is 10.4 Å². The fourth-order valence-electron chi connectivity index (χ4n) is 1.28. The van der Waals surface area contributed by atoms with E-state index in [0.29, 0.717) is 0 Å². The predicted molar refractivity (Wildman–Crippen MR) is 75.4 cm³/mol. The van der Waals surface area contributed by atoms with E-state index in [1.165, 1.54) is 6.07 Å². The van der Waals surface area contributed by atoms with Crippen molar-refractivity contribution in [2.75, 3.05) is 13.7 Å². The number of carbonyl (C=O) groups excluding carboxylic acids is 2. The summed E-state index contributed by atoms with van der Waals surface area (Å²) in [5.41, 5.74) is -1.56. The summed E-state index contributed by atoms with van der Waals surface area (Å²) >= 11 is 3.06. The zero-order valence-corrected chi connectivity index (χ0v) is 13.6. The largest absolute Gasteiger partial charge is 0.474 e. The van der Waals surface area contributed by atoms with Crippen LogP contribution in [0.3, 0.4) is 0 Å². The number of rotatable bonds is 4. The molecule has 0 atom stereocenters. The number of hydrogen-bond acceptors (Lipinski definition) is 7. The molecule has 116 valence electrons. The monoisotopic (exact) mass is 362 g/mol. The van der Waals surface area contributed by atoms with Crippen LogP contribution in [0.4, 0.5) is 0 Å². The highest BCUT2D eigenvalue weighted by Gasteiger charge is 2.20. The SMILES string of the molecule is COC(=O)c1cc(Br)c(OCC(=O)OC(C)(C)C)c(=O)o1. The lowest BCUT2D eigenvalue weighted by molar-refractivity contribution is -0.157. The molecule has 0 aliphatic heterocycles. The van der Waals surface area contributed by atoms with Gasteiger partial charge in [0.05, 0.1) is 11.6 Å². The summed E-state index contributed by atoms with van der Waals surface area (Å²) in [5.74, 6) is -1.94. The Morgan fingerprint density at radius 3 is 2.43 bits per heavy atom. The van der Waals surface area contributed by atoms with Gasteiger partial charge in [-0.2, -0.15) is 0 Å². The van der Waals surface area contributed by atoms with Crippen LogP contribution in [0, 0.1) is 0 Å². The maximum absolute atomic E-state index is 11.7. The second-order valence-electron chi connectivity index (χ2n) is 4.94. The third-order valence-corrected chi connectivity index (χ3v) is 2.59. The van der Waals surface area contributed by atoms with Gasteiger partial charge in [0.1, 0.15) is 5.60 Å². The van der Waals surface area contributed by atoms with Gasteiger partial charge in [0, 0.05) is 6.07 Å². The van der Waals surface area contributed by atoms with Crippen LogP contribution in [-0.4, -0.2) is 31.3 Å². The number of methoxy groups -OCH3 is 1. The Morgan fingerprint density at radius 2 is 1.95 bits per heavy atom. The van der Waals surface area contributed by atoms with Crippen molar-refractivity contribution in [1.82, 2.24) is 0 Å². The van der Waals surface area contributed by atoms with Crippen molar-refractivity contribution >= 4 is 27.9 Å². The first-order chi connectivity index (χ1) is 9.64. The van der Waals surface area contributed by atoms with Gasteiger partial charge in [0.2, 0.25) is 11.5 Å². The Balaban J connectivity index is 2.84. The van der Waals surface area contributed by atoms with E-state index >= 15 is 0 Å². The van der Waals surface area contributed by atoms with E-state index in [1.54, 1.807) is 20.8 Å². The van der Waals surface area contributed by atoms with Crippen LogP contribution in [0.15, 0.2) is 19.8 Å². The van der Waals surface area contributed by atoms with Crippen LogP contribution in [0.1, 0.15) is 31.3 Å². The van der Waals surface area contributed by atoms with Gasteiger partial charge in [-0.05, 0) is 36.7 Å². The molecule has 0 radical (unpaired) electrons. The molecule has 0 N–H and O–H groups in total. The third kappa shape index (κ3) is 5.22. The van der Waals surface area contributed by atoms with E-state index in [-0.39, 0.29) is 16.0 Å². The molecular weight excluding hydrogens is 348 g/mol. The first kappa shape index (κ1) is 17.2. The van der Waals surface area contributed by atoms with E-state index in [9.17, 15) is 14.4 Å². The second-order valence-corrected chi connectivity index (χ2v) is 5.80. The molecule has 1 aromatic heterocycles. The molecule has 0 aliphatic carbocycles. The van der Waals surface area contributed by atoms with Gasteiger partial charge in [-0.25, -0.2) is 14.4 Å². The molecule has 1 heterocycles. The minimum absolute atomic E-state index is 0.169. The van der Waals surface area contributed by atoms with Gasteiger partial charge in [-0.3, -0.25) is 0 Å². The Hall–Kier alpha value is -1.83. The molecule has 0 fully saturated rings. The standard InChI is InChI=1S/C13H15BrO7/c1-13(2,3)21-9(15)6-19-10-7(14)5-8(11(16)18-4)20-12(10)17/h5H,6H2,1-4H3. The number of ether oxygens (including phenoxy) is 3. The molecule has 0 spiro atoms. The van der Waals surface area contributed by atoms with Crippen LogP contribution in [-0.2, 0) is 14.3 Å². The summed E-state index contributed by atoms with van der Waals surface area (Å²) in [7, 11) is 1.16. The topological polar surface area (TPSA) is 92.0 Å². The lowest BCUT2D eigenvalue weighted by Gasteiger charge is -2.19. The van der Waals surface area contributed by atoms with E-state index in [0.717, 1.165) is 7.11 Å². The van der Waals surface area contributed by atoms with E-state index in [1.807, 2.05) is 0 Å². The van der Waals surface area contributed by atoms with Crippen LogP contribution in [0.25, 0.3) is 0 Å². The van der Waals surface area contributed by atoms with Crippen LogP contribution >= 0.6 is 15.9 Å². The number of carbonyl (C=O) groups is 2. The predicted octanol–water partition coefficient (Wildman–Crippen LogP) is 1.91. The number of esters is 2. The van der Waals surface area contributed by atoms with Crippen molar-refractivity contribution < 1.29 is 28.2 Å². The Labute approximate surface area is 129 Å². The van der Waals surface area contributed by atoms with Crippen LogP contribution in [0.5, 0.6) is 5.75 Å². The van der Waals surface area contributed by atoms with Gasteiger partial charge in [-0.1, -0.05) is 0 Å². The minimum atomic E-state index is -0.909. The summed E-state index contributed by atoms with van der Waals surface area (Å²) in [4.78, 5) is 34.5. The smallest absolute Gasteiger partial charge is 0.380 e. The Bertz CT molecular complexity index is 598. The average molecular weight is 363 g/mol. The van der Waals surface area contributed by atoms with Gasteiger partial charge in [0.25, 0.3) is 0 Å². The molecule has 0 unspecified atom stereocenters. The number of halogens is 1. The quantitative estimate of drug-likeness (QED) is 0.755. The summed E-state index contributed by atoms with van der Waals surface area (Å²) < 4.78 is 19.4. The fourth-order valence-corrected chi connectivity index (χ4v) is 1.77. The van der Waals surface area contributed by atoms with Gasteiger partial charge in [-0.15, -0.1) is 0 Å². The zero-order valence-electron chi connectivity index (χ0n) is 12.0. The second kappa shape index (κ2) is 6.75. The average Bonchev–Trinajstić information content (AvgIpc) is 2.34. The molecular formula is C13H15BrO7. The summed E-state index contributed by atoms with van der Waals surface area (Å²) in [6.45, 7) is 4.67. The number of hydrogen-bond donors (Lipinski definition) is 0. The van der Waals surface area contributed by atoms with E-state index < -0.39 is 29.8 Å². The first-order valence-electron chi connectivity index (χ1n) is 5.90. The van der Waals surface area contributed by atoms with Crippen molar-refractivity contribution in [2.24, 2.45) is 0 Å². The van der Waals surface area contributed by atoms with Crippen LogP contribution in [0.2, 0.25) is 0 Å². The van der Waals surface area contributed by atoms with Crippen molar-refractivity contribution in [3.05, 3.63) is 26.7 Å². The van der Waals surface area contributed by atoms with Crippen molar-refractivity contribution in [2.45, 2.75) is 26.4 Å². The third-order valence-electron chi connectivity index (χ3n) is 2.00. The van der Waals surface area contributed by atoms with Crippen molar-refractivity contribution in [3.63, 3.8) is 0 Å². The van der Waals surface area contributed by atoms with Gasteiger partial charge >= 0.3 is 17.6 Å². The maximum atomic E-state index is 11.7. The summed E-state index contributed by atoms with van der Waals surface area (Å²) in [6, 6.07) is 1.22. The molecule has 0 aromatic carbocycles. The Kier molecular flexibility index (Phi) is 5.54. The molecule has 0 aliphatic rings. The molecule has 1 aromatic rings. The molecule has 0 bridgehead atoms. The maximum Gasteiger partial charge on any atom is 0.380 e. The molecule has 7 nitrogen and oxygen atoms in total. The molecule has 0 amide bonds. The highest BCUT2D eigenvalue weighted by atomic mass is 79.9. The van der Waals surface area contributed by atoms with Crippen molar-refractivity contribution in [3.8, 4) is 5.75 Å². The van der Waals surface area contributed by atoms with Crippen molar-refractivity contribution in [1.29, 1.82) is 0 Å². The molecule has 1 rings (SSSR count). The normalized spacial score (nSPS) is 10.9. The highest BCUT2D eigenvalue weighted by Crippen LogP contribution is 2.22. The van der Waals surface area contributed by atoms with E-state index in [4.69, 9.17) is 13.9 Å². The molecule has 8 heteroatoms. The molecule has 0 saturated carbocycles. The molecule has 21 heavy (non-hydrogen) atoms. The summed E-state index contributed by atoms with van der Waals surface area (Å²) in [6.07, 6.45) is 0. The molecule has 0 saturated heterocycles. The Morgan fingerprint density at radius 1 is 1.33 bits per heavy atom. The lowest BCUT2D eigenvalue weighted by Crippen LogP contribution is -2.28. The lowest BCUT2D eigenvalue weighted by atomic mass is 10.2. The van der Waals surface area contributed by atoms with Gasteiger partial charge < -0.3 is 18.6 Å². The highest BCUT2D eigenvalue weighted by molar-refractivity contribution is 9.10. The fraction of sp³-hybridized carbons (Fsp3) is 0.462. The zero-order chi connectivity index (χ0) is 16.2. The van der Waals surface area contributed by atoms with E-state index in [2.05, 4.69) is 20.7 Å².